The van der Waals surface area contributed by atoms with Crippen molar-refractivity contribution in [1.29, 1.82) is 0 Å². The lowest BCUT2D eigenvalue weighted by atomic mass is 10.1. The average molecular weight is 416 g/mol. The van der Waals surface area contributed by atoms with Crippen LogP contribution in [0.2, 0.25) is 0 Å². The molecular formula is C18H19F3N2O4S. The Morgan fingerprint density at radius 2 is 1.75 bits per heavy atom. The molecule has 0 atom stereocenters. The van der Waals surface area contributed by atoms with Gasteiger partial charge in [-0.1, -0.05) is 30.3 Å². The van der Waals surface area contributed by atoms with Gasteiger partial charge in [-0.2, -0.15) is 13.2 Å². The standard InChI is InChI=1S/C18H19F3N2O4S/c1-27-12-14-5-2-4-13(8-14)10-22-17(24)11-23-28(25,26)16-7-3-6-15(9-16)18(19,20)21/h2-9,23H,10-12H2,1H3,(H,22,24). The van der Waals surface area contributed by atoms with E-state index in [1.165, 1.54) is 0 Å². The number of nitrogens with one attached hydrogen (secondary N) is 2. The van der Waals surface area contributed by atoms with Crippen molar-refractivity contribution in [3.05, 3.63) is 65.2 Å². The number of carbonyl (C=O) groups is 1. The zero-order chi connectivity index (χ0) is 20.8. The average Bonchev–Trinajstić information content (AvgIpc) is 2.65. The normalized spacial score (nSPS) is 12.0. The van der Waals surface area contributed by atoms with Gasteiger partial charge in [-0.25, -0.2) is 13.1 Å². The van der Waals surface area contributed by atoms with Gasteiger partial charge in [-0.3, -0.25) is 4.79 Å². The van der Waals surface area contributed by atoms with Crippen molar-refractivity contribution >= 4 is 15.9 Å². The number of methoxy groups -OCH3 is 1. The summed E-state index contributed by atoms with van der Waals surface area (Å²) in [5, 5.41) is 2.54. The molecule has 2 aromatic rings. The van der Waals surface area contributed by atoms with Gasteiger partial charge in [-0.05, 0) is 29.3 Å². The Hall–Kier alpha value is -2.43. The molecule has 152 valence electrons. The van der Waals surface area contributed by atoms with Crippen molar-refractivity contribution in [2.24, 2.45) is 0 Å². The summed E-state index contributed by atoms with van der Waals surface area (Å²) < 4.78 is 69.4. The van der Waals surface area contributed by atoms with Crippen molar-refractivity contribution in [3.63, 3.8) is 0 Å². The molecule has 10 heteroatoms. The molecule has 0 saturated heterocycles. The van der Waals surface area contributed by atoms with E-state index >= 15 is 0 Å². The van der Waals surface area contributed by atoms with Crippen LogP contribution in [-0.2, 0) is 38.9 Å². The highest BCUT2D eigenvalue weighted by molar-refractivity contribution is 7.89. The largest absolute Gasteiger partial charge is 0.416 e. The number of rotatable bonds is 8. The minimum atomic E-state index is -4.67. The highest BCUT2D eigenvalue weighted by Crippen LogP contribution is 2.30. The molecule has 0 heterocycles. The molecule has 0 unspecified atom stereocenters. The fourth-order valence-corrected chi connectivity index (χ4v) is 3.37. The monoisotopic (exact) mass is 416 g/mol. The number of sulfonamides is 1. The minimum absolute atomic E-state index is 0.168. The first-order valence-corrected chi connectivity index (χ1v) is 9.60. The molecule has 2 rings (SSSR count). The summed E-state index contributed by atoms with van der Waals surface area (Å²) in [4.78, 5) is 11.3. The number of hydrogen-bond donors (Lipinski definition) is 2. The molecule has 2 N–H and O–H groups in total. The van der Waals surface area contributed by atoms with E-state index in [4.69, 9.17) is 4.74 Å². The Balaban J connectivity index is 1.94. The second-order valence-corrected chi connectivity index (χ2v) is 7.65. The van der Waals surface area contributed by atoms with Crippen LogP contribution in [0.4, 0.5) is 13.2 Å². The van der Waals surface area contributed by atoms with E-state index in [0.717, 1.165) is 29.3 Å². The third-order valence-electron chi connectivity index (χ3n) is 3.69. The number of alkyl halides is 3. The predicted molar refractivity (Wildman–Crippen MR) is 95.6 cm³/mol. The first-order chi connectivity index (χ1) is 13.1. The maximum Gasteiger partial charge on any atom is 0.416 e. The molecule has 0 aliphatic rings. The quantitative estimate of drug-likeness (QED) is 0.692. The Bertz CT molecular complexity index is 930. The van der Waals surface area contributed by atoms with Gasteiger partial charge in [0.2, 0.25) is 15.9 Å². The van der Waals surface area contributed by atoms with Gasteiger partial charge < -0.3 is 10.1 Å². The fraction of sp³-hybridized carbons (Fsp3) is 0.278. The first kappa shape index (κ1) is 21.9. The summed E-state index contributed by atoms with van der Waals surface area (Å²) in [5.74, 6) is -0.618. The molecule has 0 saturated carbocycles. The number of halogens is 3. The molecule has 2 aromatic carbocycles. The van der Waals surface area contributed by atoms with Crippen molar-refractivity contribution in [2.75, 3.05) is 13.7 Å². The molecule has 0 radical (unpaired) electrons. The van der Waals surface area contributed by atoms with Crippen molar-refractivity contribution in [2.45, 2.75) is 24.2 Å². The number of carbonyl (C=O) groups excluding carboxylic acids is 1. The molecular weight excluding hydrogens is 397 g/mol. The van der Waals surface area contributed by atoms with Crippen LogP contribution in [-0.4, -0.2) is 28.0 Å². The summed E-state index contributed by atoms with van der Waals surface area (Å²) in [6, 6.07) is 10.6. The summed E-state index contributed by atoms with van der Waals surface area (Å²) in [6.07, 6.45) is -4.67. The van der Waals surface area contributed by atoms with Gasteiger partial charge in [-0.15, -0.1) is 0 Å². The Morgan fingerprint density at radius 3 is 2.43 bits per heavy atom. The van der Waals surface area contributed by atoms with Crippen LogP contribution in [0.3, 0.4) is 0 Å². The summed E-state index contributed by atoms with van der Waals surface area (Å²) in [5.41, 5.74) is 0.624. The molecule has 0 aromatic heterocycles. The van der Waals surface area contributed by atoms with E-state index < -0.39 is 39.1 Å². The Labute approximate surface area is 160 Å². The maximum atomic E-state index is 12.7. The van der Waals surface area contributed by atoms with E-state index in [1.54, 1.807) is 19.2 Å². The molecule has 0 aliphatic carbocycles. The Kier molecular flexibility index (Phi) is 7.17. The minimum Gasteiger partial charge on any atom is -0.380 e. The number of amides is 1. The van der Waals surface area contributed by atoms with Crippen LogP contribution >= 0.6 is 0 Å². The smallest absolute Gasteiger partial charge is 0.380 e. The van der Waals surface area contributed by atoms with Crippen LogP contribution in [0.1, 0.15) is 16.7 Å². The van der Waals surface area contributed by atoms with Crippen LogP contribution in [0.15, 0.2) is 53.4 Å². The van der Waals surface area contributed by atoms with Crippen LogP contribution in [0.25, 0.3) is 0 Å². The lowest BCUT2D eigenvalue weighted by molar-refractivity contribution is -0.137. The second-order valence-electron chi connectivity index (χ2n) is 5.88. The van der Waals surface area contributed by atoms with Crippen molar-refractivity contribution in [3.8, 4) is 0 Å². The lowest BCUT2D eigenvalue weighted by Crippen LogP contribution is -2.36. The van der Waals surface area contributed by atoms with Crippen LogP contribution < -0.4 is 10.0 Å². The van der Waals surface area contributed by atoms with Gasteiger partial charge in [0.1, 0.15) is 0 Å². The topological polar surface area (TPSA) is 84.5 Å². The SMILES string of the molecule is COCc1cccc(CNC(=O)CNS(=O)(=O)c2cccc(C(F)(F)F)c2)c1. The maximum absolute atomic E-state index is 12.7. The number of ether oxygens (including phenoxy) is 1. The predicted octanol–water partition coefficient (Wildman–Crippen LogP) is 2.45. The first-order valence-electron chi connectivity index (χ1n) is 8.12. The van der Waals surface area contributed by atoms with Gasteiger partial charge in [0.15, 0.2) is 0 Å². The van der Waals surface area contributed by atoms with Gasteiger partial charge in [0, 0.05) is 13.7 Å². The molecule has 0 spiro atoms. The summed E-state index contributed by atoms with van der Waals surface area (Å²) >= 11 is 0. The molecule has 6 nitrogen and oxygen atoms in total. The molecule has 0 aliphatic heterocycles. The summed E-state index contributed by atoms with van der Waals surface area (Å²) in [6.45, 7) is -0.0173. The zero-order valence-electron chi connectivity index (χ0n) is 14.9. The Morgan fingerprint density at radius 1 is 1.07 bits per heavy atom. The van der Waals surface area contributed by atoms with E-state index in [2.05, 4.69) is 5.32 Å². The summed E-state index contributed by atoms with van der Waals surface area (Å²) in [7, 11) is -2.70. The van der Waals surface area contributed by atoms with E-state index in [-0.39, 0.29) is 6.54 Å². The highest BCUT2D eigenvalue weighted by atomic mass is 32.2. The molecule has 28 heavy (non-hydrogen) atoms. The van der Waals surface area contributed by atoms with Crippen LogP contribution in [0.5, 0.6) is 0 Å². The van der Waals surface area contributed by atoms with E-state index in [9.17, 15) is 26.4 Å². The highest BCUT2D eigenvalue weighted by Gasteiger charge is 2.31. The van der Waals surface area contributed by atoms with E-state index in [1.807, 2.05) is 16.9 Å². The third kappa shape index (κ3) is 6.32. The second kappa shape index (κ2) is 9.18. The number of hydrogen-bond acceptors (Lipinski definition) is 4. The zero-order valence-corrected chi connectivity index (χ0v) is 15.7. The fourth-order valence-electron chi connectivity index (χ4n) is 2.34. The lowest BCUT2D eigenvalue weighted by Gasteiger charge is -2.11. The van der Waals surface area contributed by atoms with Crippen molar-refractivity contribution in [1.82, 2.24) is 10.0 Å². The number of benzene rings is 2. The van der Waals surface area contributed by atoms with E-state index in [0.29, 0.717) is 12.7 Å². The molecule has 0 bridgehead atoms. The molecule has 1 amide bonds. The van der Waals surface area contributed by atoms with Crippen molar-refractivity contribution < 1.29 is 31.1 Å². The van der Waals surface area contributed by atoms with Gasteiger partial charge in [0.05, 0.1) is 23.6 Å². The van der Waals surface area contributed by atoms with Gasteiger partial charge >= 0.3 is 6.18 Å². The third-order valence-corrected chi connectivity index (χ3v) is 5.09. The van der Waals surface area contributed by atoms with Crippen LogP contribution in [0, 0.1) is 0 Å². The molecule has 0 fully saturated rings. The van der Waals surface area contributed by atoms with Gasteiger partial charge in [0.25, 0.3) is 0 Å².